The van der Waals surface area contributed by atoms with Crippen LogP contribution in [0.25, 0.3) is 0 Å². The van der Waals surface area contributed by atoms with Gasteiger partial charge in [0.1, 0.15) is 0 Å². The average Bonchev–Trinajstić information content (AvgIpc) is 2.56. The molecular weight excluding hydrogens is 312 g/mol. The van der Waals surface area contributed by atoms with Crippen LogP contribution in [0.2, 0.25) is 0 Å². The molecular formula is C20H28N4O. The Kier molecular flexibility index (Phi) is 6.53. The van der Waals surface area contributed by atoms with Crippen molar-refractivity contribution < 1.29 is 4.79 Å². The van der Waals surface area contributed by atoms with Crippen LogP contribution in [0.5, 0.6) is 0 Å². The topological polar surface area (TPSA) is 57.3 Å². The number of amides is 1. The number of rotatable bonds is 7. The minimum atomic E-state index is -0.105. The van der Waals surface area contributed by atoms with Crippen molar-refractivity contribution in [2.75, 3.05) is 32.5 Å². The van der Waals surface area contributed by atoms with Gasteiger partial charge >= 0.3 is 0 Å². The van der Waals surface area contributed by atoms with E-state index in [9.17, 15) is 4.79 Å². The number of carbonyl (C=O) groups excluding carboxylic acids is 1. The average molecular weight is 340 g/mol. The van der Waals surface area contributed by atoms with E-state index in [0.29, 0.717) is 18.0 Å². The predicted octanol–water partition coefficient (Wildman–Crippen LogP) is 3.55. The van der Waals surface area contributed by atoms with Crippen molar-refractivity contribution in [3.63, 3.8) is 0 Å². The van der Waals surface area contributed by atoms with Crippen LogP contribution in [0.1, 0.15) is 41.3 Å². The first-order valence-corrected chi connectivity index (χ1v) is 8.63. The number of pyridine rings is 1. The number of aryl methyl sites for hydroxylation is 1. The third-order valence-electron chi connectivity index (χ3n) is 4.04. The van der Waals surface area contributed by atoms with Gasteiger partial charge in [0, 0.05) is 25.0 Å². The van der Waals surface area contributed by atoms with E-state index in [1.54, 1.807) is 12.4 Å². The molecule has 0 bridgehead atoms. The number of hydrogen-bond donors (Lipinski definition) is 2. The van der Waals surface area contributed by atoms with E-state index in [-0.39, 0.29) is 5.91 Å². The van der Waals surface area contributed by atoms with Crippen molar-refractivity contribution in [1.29, 1.82) is 0 Å². The Hall–Kier alpha value is -2.40. The second-order valence-electron chi connectivity index (χ2n) is 6.84. The normalized spacial score (nSPS) is 11.0. The lowest BCUT2D eigenvalue weighted by atomic mass is 9.98. The van der Waals surface area contributed by atoms with Gasteiger partial charge in [-0.15, -0.1) is 0 Å². The number of nitrogens with zero attached hydrogens (tertiary/aromatic N) is 2. The first kappa shape index (κ1) is 18.9. The molecule has 2 N–H and O–H groups in total. The highest BCUT2D eigenvalue weighted by molar-refractivity contribution is 5.94. The fourth-order valence-corrected chi connectivity index (χ4v) is 2.61. The minimum absolute atomic E-state index is 0.105. The molecule has 25 heavy (non-hydrogen) atoms. The molecule has 134 valence electrons. The number of aromatic nitrogens is 1. The molecule has 0 saturated carbocycles. The highest BCUT2D eigenvalue weighted by Crippen LogP contribution is 2.30. The van der Waals surface area contributed by atoms with Crippen molar-refractivity contribution in [2.45, 2.75) is 26.7 Å². The minimum Gasteiger partial charge on any atom is -0.354 e. The van der Waals surface area contributed by atoms with Crippen LogP contribution in [-0.4, -0.2) is 43.0 Å². The lowest BCUT2D eigenvalue weighted by Crippen LogP contribution is -2.31. The maximum absolute atomic E-state index is 12.3. The van der Waals surface area contributed by atoms with Gasteiger partial charge in [0.15, 0.2) is 0 Å². The van der Waals surface area contributed by atoms with E-state index in [0.717, 1.165) is 17.9 Å². The number of nitrogens with one attached hydrogen (secondary N) is 2. The fraction of sp³-hybridized carbons (Fsp3) is 0.400. The van der Waals surface area contributed by atoms with Gasteiger partial charge in [0.05, 0.1) is 17.4 Å². The summed E-state index contributed by atoms with van der Waals surface area (Å²) in [6, 6.07) is 8.13. The summed E-state index contributed by atoms with van der Waals surface area (Å²) in [6.45, 7) is 7.84. The van der Waals surface area contributed by atoms with Gasteiger partial charge in [-0.1, -0.05) is 32.0 Å². The SMILES string of the molecule is Cc1cccc(C(C)C)c1Nc1cncc(C(=O)NCCN(C)C)c1. The molecule has 0 unspecified atom stereocenters. The van der Waals surface area contributed by atoms with E-state index in [1.807, 2.05) is 25.1 Å². The molecule has 0 radical (unpaired) electrons. The molecule has 1 aromatic heterocycles. The summed E-state index contributed by atoms with van der Waals surface area (Å²) in [5, 5.41) is 6.35. The maximum atomic E-state index is 12.3. The molecule has 1 aromatic carbocycles. The Morgan fingerprint density at radius 2 is 2.00 bits per heavy atom. The monoisotopic (exact) mass is 340 g/mol. The predicted molar refractivity (Wildman–Crippen MR) is 104 cm³/mol. The number of hydrogen-bond acceptors (Lipinski definition) is 4. The summed E-state index contributed by atoms with van der Waals surface area (Å²) in [6.07, 6.45) is 3.34. The highest BCUT2D eigenvalue weighted by atomic mass is 16.1. The third-order valence-corrected chi connectivity index (χ3v) is 4.04. The zero-order chi connectivity index (χ0) is 18.4. The van der Waals surface area contributed by atoms with Crippen molar-refractivity contribution in [2.24, 2.45) is 0 Å². The quantitative estimate of drug-likeness (QED) is 0.809. The Bertz CT molecular complexity index is 725. The molecule has 0 aliphatic rings. The molecule has 0 spiro atoms. The number of benzene rings is 1. The van der Waals surface area contributed by atoms with E-state index in [4.69, 9.17) is 0 Å². The van der Waals surface area contributed by atoms with E-state index >= 15 is 0 Å². The van der Waals surface area contributed by atoms with Crippen LogP contribution in [0, 0.1) is 6.92 Å². The number of anilines is 2. The molecule has 1 amide bonds. The molecule has 0 saturated heterocycles. The zero-order valence-electron chi connectivity index (χ0n) is 15.8. The molecule has 2 rings (SSSR count). The first-order chi connectivity index (χ1) is 11.9. The fourth-order valence-electron chi connectivity index (χ4n) is 2.61. The summed E-state index contributed by atoms with van der Waals surface area (Å²) < 4.78 is 0. The summed E-state index contributed by atoms with van der Waals surface area (Å²) in [5.41, 5.74) is 4.89. The highest BCUT2D eigenvalue weighted by Gasteiger charge is 2.11. The third kappa shape index (κ3) is 5.29. The second kappa shape index (κ2) is 8.62. The lowest BCUT2D eigenvalue weighted by Gasteiger charge is -2.17. The molecule has 0 aliphatic carbocycles. The van der Waals surface area contributed by atoms with Gasteiger partial charge in [0.2, 0.25) is 0 Å². The van der Waals surface area contributed by atoms with Crippen LogP contribution < -0.4 is 10.6 Å². The lowest BCUT2D eigenvalue weighted by molar-refractivity contribution is 0.0950. The number of para-hydroxylation sites is 1. The summed E-state index contributed by atoms with van der Waals surface area (Å²) in [7, 11) is 3.96. The largest absolute Gasteiger partial charge is 0.354 e. The van der Waals surface area contributed by atoms with Crippen LogP contribution in [-0.2, 0) is 0 Å². The Morgan fingerprint density at radius 3 is 2.68 bits per heavy atom. The van der Waals surface area contributed by atoms with Gasteiger partial charge in [-0.25, -0.2) is 0 Å². The van der Waals surface area contributed by atoms with E-state index in [1.165, 1.54) is 11.1 Å². The first-order valence-electron chi connectivity index (χ1n) is 8.63. The Labute approximate surface area is 150 Å². The Balaban J connectivity index is 2.16. The molecule has 5 nitrogen and oxygen atoms in total. The molecule has 0 atom stereocenters. The van der Waals surface area contributed by atoms with Crippen molar-refractivity contribution in [3.05, 3.63) is 53.3 Å². The van der Waals surface area contributed by atoms with E-state index < -0.39 is 0 Å². The maximum Gasteiger partial charge on any atom is 0.252 e. The number of likely N-dealkylation sites (N-methyl/N-ethyl adjacent to an activating group) is 1. The molecule has 0 aliphatic heterocycles. The zero-order valence-corrected chi connectivity index (χ0v) is 15.8. The standard InChI is InChI=1S/C20H28N4O/c1-14(2)18-8-6-7-15(3)19(18)23-17-11-16(12-21-13-17)20(25)22-9-10-24(4)5/h6-8,11-14,23H,9-10H2,1-5H3,(H,22,25). The summed E-state index contributed by atoms with van der Waals surface area (Å²) in [4.78, 5) is 18.5. The van der Waals surface area contributed by atoms with Crippen molar-refractivity contribution in [1.82, 2.24) is 15.2 Å². The molecule has 1 heterocycles. The van der Waals surface area contributed by atoms with Gasteiger partial charge in [-0.3, -0.25) is 9.78 Å². The van der Waals surface area contributed by atoms with E-state index in [2.05, 4.69) is 54.6 Å². The summed E-state index contributed by atoms with van der Waals surface area (Å²) >= 11 is 0. The second-order valence-corrected chi connectivity index (χ2v) is 6.84. The van der Waals surface area contributed by atoms with Crippen LogP contribution in [0.15, 0.2) is 36.7 Å². The van der Waals surface area contributed by atoms with Crippen molar-refractivity contribution in [3.8, 4) is 0 Å². The summed E-state index contributed by atoms with van der Waals surface area (Å²) in [5.74, 6) is 0.305. The van der Waals surface area contributed by atoms with Crippen LogP contribution >= 0.6 is 0 Å². The van der Waals surface area contributed by atoms with Crippen LogP contribution in [0.3, 0.4) is 0 Å². The smallest absolute Gasteiger partial charge is 0.252 e. The van der Waals surface area contributed by atoms with Crippen LogP contribution in [0.4, 0.5) is 11.4 Å². The molecule has 2 aromatic rings. The van der Waals surface area contributed by atoms with Gasteiger partial charge in [0.25, 0.3) is 5.91 Å². The molecule has 5 heteroatoms. The van der Waals surface area contributed by atoms with Gasteiger partial charge in [-0.05, 0) is 44.1 Å². The Morgan fingerprint density at radius 1 is 1.24 bits per heavy atom. The van der Waals surface area contributed by atoms with Gasteiger partial charge in [-0.2, -0.15) is 0 Å². The molecule has 0 fully saturated rings. The number of carbonyl (C=O) groups is 1. The van der Waals surface area contributed by atoms with Gasteiger partial charge < -0.3 is 15.5 Å². The van der Waals surface area contributed by atoms with Crippen molar-refractivity contribution >= 4 is 17.3 Å².